The zero-order chi connectivity index (χ0) is 20.4. The molecule has 2 aromatic rings. The fourth-order valence-electron chi connectivity index (χ4n) is 2.89. The van der Waals surface area contributed by atoms with Crippen molar-refractivity contribution in [1.29, 1.82) is 0 Å². The molecule has 2 amide bonds. The lowest BCUT2D eigenvalue weighted by Gasteiger charge is -2.34. The van der Waals surface area contributed by atoms with Crippen LogP contribution in [0.2, 0.25) is 0 Å². The van der Waals surface area contributed by atoms with Crippen molar-refractivity contribution in [2.75, 3.05) is 31.5 Å². The maximum absolute atomic E-state index is 13.9. The molecular weight excluding hydrogens is 375 g/mol. The van der Waals surface area contributed by atoms with Crippen LogP contribution in [-0.4, -0.2) is 57.8 Å². The number of aryl methyl sites for hydroxylation is 1. The number of nitrogens with one attached hydrogen (secondary N) is 1. The Kier molecular flexibility index (Phi) is 5.48. The normalized spacial score (nSPS) is 14.2. The molecule has 1 aliphatic rings. The second-order valence-corrected chi connectivity index (χ2v) is 6.33. The standard InChI is InChI=1S/C18H18F3N5O2/c1-10-22-14(18(28)26-7-5-25(6-8-26)11(2)27)9-15(23-10)24-13-4-3-12(19)16(20)17(13)21/h3-4,9H,5-8H2,1-2H3,(H,22,23,24). The molecule has 10 heteroatoms. The first-order chi connectivity index (χ1) is 13.3. The van der Waals surface area contributed by atoms with Gasteiger partial charge in [0, 0.05) is 39.2 Å². The van der Waals surface area contributed by atoms with Crippen molar-refractivity contribution in [2.24, 2.45) is 0 Å². The fraction of sp³-hybridized carbons (Fsp3) is 0.333. The number of carbonyl (C=O) groups is 2. The number of aromatic nitrogens is 2. The van der Waals surface area contributed by atoms with E-state index in [-0.39, 0.29) is 34.8 Å². The number of amides is 2. The molecular formula is C18H18F3N5O2. The predicted octanol–water partition coefficient (Wildman–Crippen LogP) is 2.25. The third-order valence-electron chi connectivity index (χ3n) is 4.37. The van der Waals surface area contributed by atoms with Gasteiger partial charge in [-0.15, -0.1) is 0 Å². The summed E-state index contributed by atoms with van der Waals surface area (Å²) < 4.78 is 40.3. The smallest absolute Gasteiger partial charge is 0.272 e. The highest BCUT2D eigenvalue weighted by atomic mass is 19.2. The van der Waals surface area contributed by atoms with Gasteiger partial charge in [0.15, 0.2) is 17.5 Å². The first-order valence-corrected chi connectivity index (χ1v) is 8.57. The van der Waals surface area contributed by atoms with Crippen LogP contribution < -0.4 is 5.32 Å². The van der Waals surface area contributed by atoms with Gasteiger partial charge >= 0.3 is 0 Å². The van der Waals surface area contributed by atoms with Crippen LogP contribution in [-0.2, 0) is 4.79 Å². The Hall–Kier alpha value is -3.17. The lowest BCUT2D eigenvalue weighted by molar-refractivity contribution is -0.130. The molecule has 0 unspecified atom stereocenters. The summed E-state index contributed by atoms with van der Waals surface area (Å²) in [5.41, 5.74) is -0.236. The first kappa shape index (κ1) is 19.6. The second kappa shape index (κ2) is 7.83. The van der Waals surface area contributed by atoms with E-state index in [1.165, 1.54) is 13.0 Å². The number of benzene rings is 1. The molecule has 1 aromatic carbocycles. The van der Waals surface area contributed by atoms with Crippen molar-refractivity contribution in [3.63, 3.8) is 0 Å². The van der Waals surface area contributed by atoms with E-state index >= 15 is 0 Å². The highest BCUT2D eigenvalue weighted by Gasteiger charge is 2.25. The Bertz CT molecular complexity index is 930. The van der Waals surface area contributed by atoms with Crippen LogP contribution in [0.4, 0.5) is 24.7 Å². The fourth-order valence-corrected chi connectivity index (χ4v) is 2.89. The Morgan fingerprint density at radius 3 is 2.29 bits per heavy atom. The molecule has 1 fully saturated rings. The molecule has 148 valence electrons. The zero-order valence-corrected chi connectivity index (χ0v) is 15.3. The van der Waals surface area contributed by atoms with Gasteiger partial charge in [-0.1, -0.05) is 0 Å². The molecule has 1 aromatic heterocycles. The van der Waals surface area contributed by atoms with Crippen LogP contribution in [0.5, 0.6) is 0 Å². The molecule has 1 saturated heterocycles. The zero-order valence-electron chi connectivity index (χ0n) is 15.3. The van der Waals surface area contributed by atoms with Gasteiger partial charge < -0.3 is 15.1 Å². The van der Waals surface area contributed by atoms with E-state index in [1.54, 1.807) is 16.7 Å². The quantitative estimate of drug-likeness (QED) is 0.810. The molecule has 7 nitrogen and oxygen atoms in total. The molecule has 0 atom stereocenters. The first-order valence-electron chi connectivity index (χ1n) is 8.57. The van der Waals surface area contributed by atoms with Crippen molar-refractivity contribution in [2.45, 2.75) is 13.8 Å². The van der Waals surface area contributed by atoms with Crippen molar-refractivity contribution in [1.82, 2.24) is 19.8 Å². The van der Waals surface area contributed by atoms with Crippen molar-refractivity contribution < 1.29 is 22.8 Å². The summed E-state index contributed by atoms with van der Waals surface area (Å²) in [5.74, 6) is -4.38. The molecule has 0 saturated carbocycles. The van der Waals surface area contributed by atoms with Crippen molar-refractivity contribution in [3.05, 3.63) is 47.2 Å². The minimum Gasteiger partial charge on any atom is -0.339 e. The maximum atomic E-state index is 13.9. The molecule has 1 N–H and O–H groups in total. The minimum absolute atomic E-state index is 0.0509. The summed E-state index contributed by atoms with van der Waals surface area (Å²) in [6, 6.07) is 3.14. The van der Waals surface area contributed by atoms with Gasteiger partial charge in [-0.2, -0.15) is 0 Å². The number of hydrogen-bond acceptors (Lipinski definition) is 5. The average Bonchev–Trinajstić information content (AvgIpc) is 2.67. The molecule has 0 radical (unpaired) electrons. The predicted molar refractivity (Wildman–Crippen MR) is 94.5 cm³/mol. The second-order valence-electron chi connectivity index (χ2n) is 6.33. The summed E-state index contributed by atoms with van der Waals surface area (Å²) in [7, 11) is 0. The van der Waals surface area contributed by atoms with E-state index in [9.17, 15) is 22.8 Å². The van der Waals surface area contributed by atoms with Gasteiger partial charge in [0.25, 0.3) is 5.91 Å². The Balaban J connectivity index is 1.79. The van der Waals surface area contributed by atoms with Gasteiger partial charge in [0.2, 0.25) is 5.91 Å². The van der Waals surface area contributed by atoms with E-state index in [2.05, 4.69) is 15.3 Å². The van der Waals surface area contributed by atoms with E-state index in [0.29, 0.717) is 26.2 Å². The number of rotatable bonds is 3. The number of anilines is 2. The number of hydrogen-bond donors (Lipinski definition) is 1. The summed E-state index contributed by atoms with van der Waals surface area (Å²) >= 11 is 0. The molecule has 0 spiro atoms. The molecule has 1 aliphatic heterocycles. The number of piperazine rings is 1. The lowest BCUT2D eigenvalue weighted by Crippen LogP contribution is -2.50. The van der Waals surface area contributed by atoms with Gasteiger partial charge in [-0.05, 0) is 19.1 Å². The van der Waals surface area contributed by atoms with Gasteiger partial charge in [0.05, 0.1) is 5.69 Å². The third kappa shape index (κ3) is 4.05. The SMILES string of the molecule is CC(=O)N1CCN(C(=O)c2cc(Nc3ccc(F)c(F)c3F)nc(C)n2)CC1. The topological polar surface area (TPSA) is 78.4 Å². The Labute approximate surface area is 159 Å². The summed E-state index contributed by atoms with van der Waals surface area (Å²) in [6.45, 7) is 4.61. The number of carbonyl (C=O) groups excluding carboxylic acids is 2. The Morgan fingerprint density at radius 2 is 1.64 bits per heavy atom. The van der Waals surface area contributed by atoms with Crippen LogP contribution >= 0.6 is 0 Å². The van der Waals surface area contributed by atoms with Crippen LogP contribution in [0.1, 0.15) is 23.2 Å². The molecule has 0 bridgehead atoms. The molecule has 3 rings (SSSR count). The van der Waals surface area contributed by atoms with E-state index in [1.807, 2.05) is 0 Å². The van der Waals surface area contributed by atoms with Crippen LogP contribution in [0, 0.1) is 24.4 Å². The maximum Gasteiger partial charge on any atom is 0.272 e. The van der Waals surface area contributed by atoms with E-state index < -0.39 is 17.5 Å². The third-order valence-corrected chi connectivity index (χ3v) is 4.37. The van der Waals surface area contributed by atoms with Crippen LogP contribution in [0.25, 0.3) is 0 Å². The highest BCUT2D eigenvalue weighted by Crippen LogP contribution is 2.23. The van der Waals surface area contributed by atoms with Crippen LogP contribution in [0.15, 0.2) is 18.2 Å². The largest absolute Gasteiger partial charge is 0.339 e. The van der Waals surface area contributed by atoms with Crippen molar-refractivity contribution in [3.8, 4) is 0 Å². The molecule has 28 heavy (non-hydrogen) atoms. The monoisotopic (exact) mass is 393 g/mol. The number of halogens is 3. The minimum atomic E-state index is -1.60. The Morgan fingerprint density at radius 1 is 1.00 bits per heavy atom. The van der Waals surface area contributed by atoms with Crippen LogP contribution in [0.3, 0.4) is 0 Å². The molecule has 2 heterocycles. The summed E-state index contributed by atoms with van der Waals surface area (Å²) in [6.07, 6.45) is 0. The number of nitrogens with zero attached hydrogens (tertiary/aromatic N) is 4. The lowest BCUT2D eigenvalue weighted by atomic mass is 10.2. The summed E-state index contributed by atoms with van der Waals surface area (Å²) in [5, 5.41) is 2.54. The van der Waals surface area contributed by atoms with Crippen molar-refractivity contribution >= 4 is 23.3 Å². The van der Waals surface area contributed by atoms with Gasteiger partial charge in [0.1, 0.15) is 17.3 Å². The van der Waals surface area contributed by atoms with E-state index in [0.717, 1.165) is 12.1 Å². The van der Waals surface area contributed by atoms with E-state index in [4.69, 9.17) is 0 Å². The average molecular weight is 393 g/mol. The summed E-state index contributed by atoms with van der Waals surface area (Å²) in [4.78, 5) is 35.5. The highest BCUT2D eigenvalue weighted by molar-refractivity contribution is 5.93. The molecule has 0 aliphatic carbocycles. The van der Waals surface area contributed by atoms with Gasteiger partial charge in [-0.25, -0.2) is 23.1 Å². The van der Waals surface area contributed by atoms with Gasteiger partial charge in [-0.3, -0.25) is 9.59 Å².